The summed E-state index contributed by atoms with van der Waals surface area (Å²) in [4.78, 5) is 19.5. The number of methoxy groups -OCH3 is 1. The van der Waals surface area contributed by atoms with Crippen molar-refractivity contribution in [1.82, 2.24) is 15.3 Å². The molecule has 0 aliphatic heterocycles. The zero-order chi connectivity index (χ0) is 12.1. The van der Waals surface area contributed by atoms with E-state index in [1.807, 2.05) is 23.6 Å². The van der Waals surface area contributed by atoms with Gasteiger partial charge in [-0.2, -0.15) is 0 Å². The number of amides is 1. The lowest BCUT2D eigenvalue weighted by molar-refractivity contribution is 0.170. The minimum atomic E-state index is -0.459. The molecular weight excluding hydrogens is 238 g/mol. The maximum Gasteiger partial charge on any atom is 0.407 e. The third kappa shape index (κ3) is 3.01. The number of pyridine rings is 1. The standard InChI is InChI=1S/C11H11N3O2S/c1-16-11(15)13-6-10-14-9(7-17-10)8-4-2-3-5-12-8/h2-5,7H,6H2,1H3,(H,13,15). The number of thiazole rings is 1. The number of ether oxygens (including phenoxy) is 1. The Morgan fingerprint density at radius 2 is 2.35 bits per heavy atom. The number of nitrogens with zero attached hydrogens (tertiary/aromatic N) is 2. The second kappa shape index (κ2) is 5.40. The summed E-state index contributed by atoms with van der Waals surface area (Å²) in [5, 5.41) is 5.31. The third-order valence-electron chi connectivity index (χ3n) is 2.05. The Kier molecular flexibility index (Phi) is 3.66. The molecule has 5 nitrogen and oxygen atoms in total. The van der Waals surface area contributed by atoms with Gasteiger partial charge in [-0.05, 0) is 12.1 Å². The van der Waals surface area contributed by atoms with Crippen molar-refractivity contribution in [3.63, 3.8) is 0 Å². The Labute approximate surface area is 102 Å². The summed E-state index contributed by atoms with van der Waals surface area (Å²) in [6.07, 6.45) is 1.26. The van der Waals surface area contributed by atoms with Gasteiger partial charge < -0.3 is 10.1 Å². The average molecular weight is 249 g/mol. The lowest BCUT2D eigenvalue weighted by atomic mass is 10.3. The van der Waals surface area contributed by atoms with Crippen LogP contribution in [0.3, 0.4) is 0 Å². The minimum Gasteiger partial charge on any atom is -0.453 e. The van der Waals surface area contributed by atoms with Crippen molar-refractivity contribution < 1.29 is 9.53 Å². The molecule has 0 aliphatic carbocycles. The van der Waals surface area contributed by atoms with Crippen molar-refractivity contribution in [2.24, 2.45) is 0 Å². The smallest absolute Gasteiger partial charge is 0.407 e. The first-order chi connectivity index (χ1) is 8.29. The van der Waals surface area contributed by atoms with Crippen LogP contribution in [0.15, 0.2) is 29.8 Å². The van der Waals surface area contributed by atoms with Gasteiger partial charge in [0, 0.05) is 11.6 Å². The summed E-state index contributed by atoms with van der Waals surface area (Å²) in [5.74, 6) is 0. The van der Waals surface area contributed by atoms with Gasteiger partial charge in [0.25, 0.3) is 0 Å². The second-order valence-corrected chi connectivity index (χ2v) is 4.13. The summed E-state index contributed by atoms with van der Waals surface area (Å²) < 4.78 is 4.48. The molecule has 0 unspecified atom stereocenters. The molecule has 1 N–H and O–H groups in total. The van der Waals surface area contributed by atoms with Crippen LogP contribution in [0.1, 0.15) is 5.01 Å². The van der Waals surface area contributed by atoms with E-state index in [0.717, 1.165) is 16.4 Å². The van der Waals surface area contributed by atoms with E-state index < -0.39 is 6.09 Å². The predicted molar refractivity (Wildman–Crippen MR) is 64.6 cm³/mol. The van der Waals surface area contributed by atoms with Gasteiger partial charge in [0.1, 0.15) is 5.01 Å². The highest BCUT2D eigenvalue weighted by molar-refractivity contribution is 7.09. The number of hydrogen-bond donors (Lipinski definition) is 1. The van der Waals surface area contributed by atoms with Crippen molar-refractivity contribution in [3.05, 3.63) is 34.8 Å². The fourth-order valence-corrected chi connectivity index (χ4v) is 1.97. The molecule has 0 atom stereocenters. The lowest BCUT2D eigenvalue weighted by Gasteiger charge is -1.99. The second-order valence-electron chi connectivity index (χ2n) is 3.19. The monoisotopic (exact) mass is 249 g/mol. The van der Waals surface area contributed by atoms with Crippen molar-refractivity contribution in [2.45, 2.75) is 6.54 Å². The van der Waals surface area contributed by atoms with Gasteiger partial charge in [-0.1, -0.05) is 6.07 Å². The van der Waals surface area contributed by atoms with Crippen LogP contribution >= 0.6 is 11.3 Å². The number of alkyl carbamates (subject to hydrolysis) is 1. The van der Waals surface area contributed by atoms with Crippen molar-refractivity contribution in [1.29, 1.82) is 0 Å². The van der Waals surface area contributed by atoms with E-state index >= 15 is 0 Å². The van der Waals surface area contributed by atoms with Gasteiger partial charge in [-0.3, -0.25) is 4.98 Å². The molecule has 0 fully saturated rings. The summed E-state index contributed by atoms with van der Waals surface area (Å²) in [6, 6.07) is 5.66. The van der Waals surface area contributed by atoms with Crippen LogP contribution < -0.4 is 5.32 Å². The number of aromatic nitrogens is 2. The van der Waals surface area contributed by atoms with Crippen molar-refractivity contribution in [3.8, 4) is 11.4 Å². The summed E-state index contributed by atoms with van der Waals surface area (Å²) in [5.41, 5.74) is 1.64. The highest BCUT2D eigenvalue weighted by Gasteiger charge is 2.06. The van der Waals surface area contributed by atoms with Crippen LogP contribution in [0.2, 0.25) is 0 Å². The van der Waals surface area contributed by atoms with E-state index in [2.05, 4.69) is 20.0 Å². The predicted octanol–water partition coefficient (Wildman–Crippen LogP) is 2.06. The fraction of sp³-hybridized carbons (Fsp3) is 0.182. The zero-order valence-corrected chi connectivity index (χ0v) is 10.0. The molecule has 2 rings (SSSR count). The molecule has 0 aromatic carbocycles. The number of nitrogens with one attached hydrogen (secondary N) is 1. The van der Waals surface area contributed by atoms with E-state index in [9.17, 15) is 4.79 Å². The van der Waals surface area contributed by atoms with Crippen LogP contribution in [0.5, 0.6) is 0 Å². The molecule has 1 amide bonds. The van der Waals surface area contributed by atoms with Gasteiger partial charge in [0.15, 0.2) is 0 Å². The lowest BCUT2D eigenvalue weighted by Crippen LogP contribution is -2.22. The SMILES string of the molecule is COC(=O)NCc1nc(-c2ccccn2)cs1. The quantitative estimate of drug-likeness (QED) is 0.904. The molecule has 6 heteroatoms. The Bertz CT molecular complexity index is 498. The first kappa shape index (κ1) is 11.5. The first-order valence-electron chi connectivity index (χ1n) is 4.97. The average Bonchev–Trinajstić information content (AvgIpc) is 2.86. The largest absolute Gasteiger partial charge is 0.453 e. The third-order valence-corrected chi connectivity index (χ3v) is 2.90. The number of carbonyl (C=O) groups excluding carboxylic acids is 1. The summed E-state index contributed by atoms with van der Waals surface area (Å²) in [7, 11) is 1.33. The Balaban J connectivity index is 2.04. The van der Waals surface area contributed by atoms with E-state index in [0.29, 0.717) is 6.54 Å². The van der Waals surface area contributed by atoms with Crippen LogP contribution in [-0.4, -0.2) is 23.2 Å². The Hall–Kier alpha value is -1.95. The number of hydrogen-bond acceptors (Lipinski definition) is 5. The Morgan fingerprint density at radius 3 is 3.06 bits per heavy atom. The van der Waals surface area contributed by atoms with E-state index in [4.69, 9.17) is 0 Å². The van der Waals surface area contributed by atoms with Gasteiger partial charge in [-0.15, -0.1) is 11.3 Å². The molecule has 0 aliphatic rings. The molecule has 0 saturated carbocycles. The molecule has 17 heavy (non-hydrogen) atoms. The van der Waals surface area contributed by atoms with Gasteiger partial charge in [0.05, 0.1) is 25.0 Å². The fourth-order valence-electron chi connectivity index (χ4n) is 1.24. The molecular formula is C11H11N3O2S. The van der Waals surface area contributed by atoms with Crippen LogP contribution in [0.4, 0.5) is 4.79 Å². The molecule has 2 heterocycles. The highest BCUT2D eigenvalue weighted by Crippen LogP contribution is 2.19. The molecule has 0 radical (unpaired) electrons. The van der Waals surface area contributed by atoms with Gasteiger partial charge in [0.2, 0.25) is 0 Å². The number of rotatable bonds is 3. The van der Waals surface area contributed by atoms with Crippen LogP contribution in [-0.2, 0) is 11.3 Å². The molecule has 88 valence electrons. The van der Waals surface area contributed by atoms with Crippen molar-refractivity contribution in [2.75, 3.05) is 7.11 Å². The van der Waals surface area contributed by atoms with E-state index in [1.165, 1.54) is 18.4 Å². The van der Waals surface area contributed by atoms with Gasteiger partial charge >= 0.3 is 6.09 Å². The van der Waals surface area contributed by atoms with Crippen LogP contribution in [0.25, 0.3) is 11.4 Å². The number of carbonyl (C=O) groups is 1. The highest BCUT2D eigenvalue weighted by atomic mass is 32.1. The topological polar surface area (TPSA) is 64.1 Å². The van der Waals surface area contributed by atoms with E-state index in [1.54, 1.807) is 6.20 Å². The van der Waals surface area contributed by atoms with Gasteiger partial charge in [-0.25, -0.2) is 9.78 Å². The summed E-state index contributed by atoms with van der Waals surface area (Å²) in [6.45, 7) is 0.365. The normalized spacial score (nSPS) is 9.94. The Morgan fingerprint density at radius 1 is 1.47 bits per heavy atom. The molecule has 0 spiro atoms. The maximum atomic E-state index is 10.9. The van der Waals surface area contributed by atoms with Crippen molar-refractivity contribution >= 4 is 17.4 Å². The maximum absolute atomic E-state index is 10.9. The molecule has 2 aromatic rings. The molecule has 0 saturated heterocycles. The van der Waals surface area contributed by atoms with E-state index in [-0.39, 0.29) is 0 Å². The van der Waals surface area contributed by atoms with Crippen LogP contribution in [0, 0.1) is 0 Å². The first-order valence-corrected chi connectivity index (χ1v) is 5.85. The summed E-state index contributed by atoms with van der Waals surface area (Å²) >= 11 is 1.48. The molecule has 2 aromatic heterocycles. The minimum absolute atomic E-state index is 0.365. The zero-order valence-electron chi connectivity index (χ0n) is 9.21. The molecule has 0 bridgehead atoms.